The van der Waals surface area contributed by atoms with Gasteiger partial charge in [0.05, 0.1) is 19.8 Å². The lowest BCUT2D eigenvalue weighted by Gasteiger charge is -2.11. The van der Waals surface area contributed by atoms with Crippen LogP contribution < -0.4 is 14.8 Å². The molecule has 0 aliphatic heterocycles. The van der Waals surface area contributed by atoms with Gasteiger partial charge in [-0.2, -0.15) is 0 Å². The summed E-state index contributed by atoms with van der Waals surface area (Å²) in [6.45, 7) is 13.9. The summed E-state index contributed by atoms with van der Waals surface area (Å²) in [7, 11) is 4.69. The lowest BCUT2D eigenvalue weighted by molar-refractivity contribution is 0.0960. The smallest absolute Gasteiger partial charge is 0.254 e. The van der Waals surface area contributed by atoms with Gasteiger partial charge in [0.1, 0.15) is 11.5 Å². The van der Waals surface area contributed by atoms with E-state index < -0.39 is 0 Å². The van der Waals surface area contributed by atoms with E-state index >= 15 is 0 Å². The van der Waals surface area contributed by atoms with Crippen LogP contribution in [0.3, 0.4) is 0 Å². The van der Waals surface area contributed by atoms with Gasteiger partial charge in [-0.3, -0.25) is 4.79 Å². The Morgan fingerprint density at radius 2 is 1.33 bits per heavy atom. The van der Waals surface area contributed by atoms with Gasteiger partial charge in [-0.05, 0) is 18.6 Å². The first kappa shape index (κ1) is 24.3. The third-order valence-electron chi connectivity index (χ3n) is 2.19. The fourth-order valence-electron chi connectivity index (χ4n) is 1.37. The fourth-order valence-corrected chi connectivity index (χ4v) is 1.37. The van der Waals surface area contributed by atoms with Crippen molar-refractivity contribution in [3.8, 4) is 11.5 Å². The van der Waals surface area contributed by atoms with E-state index in [-0.39, 0.29) is 5.91 Å². The van der Waals surface area contributed by atoms with Gasteiger partial charge >= 0.3 is 0 Å². The highest BCUT2D eigenvalue weighted by molar-refractivity contribution is 5.97. The maximum absolute atomic E-state index is 11.5. The lowest BCUT2D eigenvalue weighted by atomic mass is 10.1. The molecule has 0 radical (unpaired) electrons. The molecule has 0 aliphatic carbocycles. The van der Waals surface area contributed by atoms with Crippen LogP contribution in [0.4, 0.5) is 0 Å². The van der Waals surface area contributed by atoms with Gasteiger partial charge in [-0.25, -0.2) is 0 Å². The van der Waals surface area contributed by atoms with Gasteiger partial charge in [0, 0.05) is 13.1 Å². The fraction of sp³-hybridized carbons (Fsp3) is 0.588. The standard InChI is InChI=1S/C11H15NO3.3C2H6/c1-7-5-8(11(13)12-2)10(15-4)6-9(7)14-3;3*1-2/h5-6H,1-4H3,(H,12,13);3*1-2H3. The van der Waals surface area contributed by atoms with Crippen LogP contribution >= 0.6 is 0 Å². The summed E-state index contributed by atoms with van der Waals surface area (Å²) < 4.78 is 10.3. The summed E-state index contributed by atoms with van der Waals surface area (Å²) in [5.74, 6) is 1.05. The molecule has 21 heavy (non-hydrogen) atoms. The molecule has 0 saturated carbocycles. The molecular formula is C17H33NO3. The van der Waals surface area contributed by atoms with Gasteiger partial charge in [-0.15, -0.1) is 0 Å². The number of benzene rings is 1. The number of aryl methyl sites for hydroxylation is 1. The van der Waals surface area contributed by atoms with Crippen LogP contribution in [0.15, 0.2) is 12.1 Å². The van der Waals surface area contributed by atoms with E-state index in [9.17, 15) is 4.79 Å². The Morgan fingerprint density at radius 3 is 1.67 bits per heavy atom. The minimum Gasteiger partial charge on any atom is -0.496 e. The van der Waals surface area contributed by atoms with Gasteiger partial charge in [0.2, 0.25) is 0 Å². The molecule has 1 rings (SSSR count). The molecule has 124 valence electrons. The van der Waals surface area contributed by atoms with Crippen molar-refractivity contribution < 1.29 is 14.3 Å². The number of nitrogens with one attached hydrogen (secondary N) is 1. The molecule has 0 unspecified atom stereocenters. The van der Waals surface area contributed by atoms with Crippen molar-refractivity contribution >= 4 is 5.91 Å². The van der Waals surface area contributed by atoms with E-state index in [0.29, 0.717) is 17.1 Å². The van der Waals surface area contributed by atoms with E-state index in [4.69, 9.17) is 9.47 Å². The van der Waals surface area contributed by atoms with E-state index in [1.165, 1.54) is 7.11 Å². The first-order valence-corrected chi connectivity index (χ1v) is 7.58. The van der Waals surface area contributed by atoms with E-state index in [1.807, 2.05) is 48.5 Å². The summed E-state index contributed by atoms with van der Waals surface area (Å²) in [6, 6.07) is 3.45. The first-order valence-electron chi connectivity index (χ1n) is 7.58. The summed E-state index contributed by atoms with van der Waals surface area (Å²) >= 11 is 0. The van der Waals surface area contributed by atoms with Gasteiger partial charge in [0.25, 0.3) is 5.91 Å². The van der Waals surface area contributed by atoms with Crippen molar-refractivity contribution in [3.05, 3.63) is 23.3 Å². The molecule has 1 aromatic carbocycles. The Hall–Kier alpha value is -1.71. The quantitative estimate of drug-likeness (QED) is 0.897. The van der Waals surface area contributed by atoms with Crippen LogP contribution in [-0.2, 0) is 0 Å². The molecule has 0 bridgehead atoms. The molecule has 1 N–H and O–H groups in total. The highest BCUT2D eigenvalue weighted by atomic mass is 16.5. The minimum atomic E-state index is -0.169. The molecule has 0 fully saturated rings. The topological polar surface area (TPSA) is 47.6 Å². The molecule has 4 nitrogen and oxygen atoms in total. The first-order chi connectivity index (χ1) is 10.1. The van der Waals surface area contributed by atoms with E-state index in [2.05, 4.69) is 5.32 Å². The average molecular weight is 299 g/mol. The molecule has 0 heterocycles. The summed E-state index contributed by atoms with van der Waals surface area (Å²) in [5, 5.41) is 2.56. The second kappa shape index (κ2) is 16.3. The van der Waals surface area contributed by atoms with Gasteiger partial charge < -0.3 is 14.8 Å². The number of hydrogen-bond donors (Lipinski definition) is 1. The zero-order valence-electron chi connectivity index (χ0n) is 15.4. The molecule has 1 amide bonds. The van der Waals surface area contributed by atoms with Crippen LogP contribution in [0, 0.1) is 6.92 Å². The Kier molecular flexibility index (Phi) is 18.9. The maximum atomic E-state index is 11.5. The number of ether oxygens (including phenoxy) is 2. The molecule has 0 saturated heterocycles. The van der Waals surface area contributed by atoms with Crippen molar-refractivity contribution in [3.63, 3.8) is 0 Å². The number of methoxy groups -OCH3 is 2. The molecule has 0 aliphatic rings. The predicted octanol–water partition coefficient (Wildman–Crippen LogP) is 4.45. The van der Waals surface area contributed by atoms with Crippen molar-refractivity contribution in [1.29, 1.82) is 0 Å². The highest BCUT2D eigenvalue weighted by Crippen LogP contribution is 2.28. The molecule has 1 aromatic rings. The van der Waals surface area contributed by atoms with E-state index in [1.54, 1.807) is 26.3 Å². The minimum absolute atomic E-state index is 0.169. The Labute approximate surface area is 130 Å². The number of carbonyl (C=O) groups is 1. The van der Waals surface area contributed by atoms with Gasteiger partial charge in [-0.1, -0.05) is 41.5 Å². The SMILES string of the molecule is CC.CC.CC.CNC(=O)c1cc(C)c(OC)cc1OC. The predicted molar refractivity (Wildman–Crippen MR) is 91.7 cm³/mol. The summed E-state index contributed by atoms with van der Waals surface area (Å²) in [6.07, 6.45) is 0. The average Bonchev–Trinajstić information content (AvgIpc) is 2.59. The normalized spacial score (nSPS) is 7.71. The van der Waals surface area contributed by atoms with Crippen molar-refractivity contribution in [2.45, 2.75) is 48.5 Å². The number of hydrogen-bond acceptors (Lipinski definition) is 3. The third kappa shape index (κ3) is 8.23. The lowest BCUT2D eigenvalue weighted by Crippen LogP contribution is -2.18. The molecule has 0 aromatic heterocycles. The number of rotatable bonds is 3. The largest absolute Gasteiger partial charge is 0.496 e. The van der Waals surface area contributed by atoms with Crippen molar-refractivity contribution in [1.82, 2.24) is 5.32 Å². The highest BCUT2D eigenvalue weighted by Gasteiger charge is 2.13. The third-order valence-corrected chi connectivity index (χ3v) is 2.19. The molecule has 4 heteroatoms. The maximum Gasteiger partial charge on any atom is 0.254 e. The van der Waals surface area contributed by atoms with Crippen LogP contribution in [-0.4, -0.2) is 27.2 Å². The zero-order valence-corrected chi connectivity index (χ0v) is 15.4. The van der Waals surface area contributed by atoms with Gasteiger partial charge in [0.15, 0.2) is 0 Å². The second-order valence-electron chi connectivity index (χ2n) is 3.10. The monoisotopic (exact) mass is 299 g/mol. The van der Waals surface area contributed by atoms with Crippen molar-refractivity contribution in [2.24, 2.45) is 0 Å². The van der Waals surface area contributed by atoms with Crippen molar-refractivity contribution in [2.75, 3.05) is 21.3 Å². The molecule has 0 spiro atoms. The molecule has 0 atom stereocenters. The zero-order chi connectivity index (χ0) is 17.4. The Morgan fingerprint density at radius 1 is 0.905 bits per heavy atom. The van der Waals surface area contributed by atoms with Crippen LogP contribution in [0.2, 0.25) is 0 Å². The van der Waals surface area contributed by atoms with Crippen LogP contribution in [0.1, 0.15) is 57.5 Å². The van der Waals surface area contributed by atoms with E-state index in [0.717, 1.165) is 5.56 Å². The summed E-state index contributed by atoms with van der Waals surface area (Å²) in [4.78, 5) is 11.5. The van der Waals surface area contributed by atoms with Crippen LogP contribution in [0.25, 0.3) is 0 Å². The van der Waals surface area contributed by atoms with Crippen LogP contribution in [0.5, 0.6) is 11.5 Å². The summed E-state index contributed by atoms with van der Waals surface area (Å²) in [5.41, 5.74) is 1.41. The molecular weight excluding hydrogens is 266 g/mol. The number of amides is 1. The Bertz CT molecular complexity index is 377. The second-order valence-corrected chi connectivity index (χ2v) is 3.10. The Balaban J connectivity index is -0.000000478. The number of carbonyl (C=O) groups excluding carboxylic acids is 1.